The molecule has 6 heteroatoms. The molecule has 0 saturated heterocycles. The first kappa shape index (κ1) is 13.1. The number of aromatic nitrogens is 2. The number of nitrogens with zero attached hydrogens (tertiary/aromatic N) is 2. The van der Waals surface area contributed by atoms with Crippen LogP contribution >= 0.6 is 0 Å². The molecule has 0 saturated carbocycles. The number of methoxy groups -OCH3 is 1. The fourth-order valence-corrected chi connectivity index (χ4v) is 1.18. The van der Waals surface area contributed by atoms with Gasteiger partial charge < -0.3 is 19.7 Å². The standard InChI is InChI=1S/C10H19N3O3/c1-3-5-15-6-4-9-12-10(13-16-9)8(11)7-14-2/h8H,3-7,11H2,1-2H3. The summed E-state index contributed by atoms with van der Waals surface area (Å²) in [7, 11) is 1.58. The number of ether oxygens (including phenoxy) is 2. The molecule has 92 valence electrons. The lowest BCUT2D eigenvalue weighted by Crippen LogP contribution is -2.17. The Morgan fingerprint density at radius 2 is 2.25 bits per heavy atom. The third kappa shape index (κ3) is 4.26. The first-order chi connectivity index (χ1) is 7.77. The Morgan fingerprint density at radius 3 is 2.94 bits per heavy atom. The average Bonchev–Trinajstić information content (AvgIpc) is 2.73. The topological polar surface area (TPSA) is 83.4 Å². The molecule has 6 nitrogen and oxygen atoms in total. The summed E-state index contributed by atoms with van der Waals surface area (Å²) >= 11 is 0. The van der Waals surface area contributed by atoms with Gasteiger partial charge in [-0.15, -0.1) is 0 Å². The lowest BCUT2D eigenvalue weighted by molar-refractivity contribution is 0.132. The fourth-order valence-electron chi connectivity index (χ4n) is 1.18. The van der Waals surface area contributed by atoms with Crippen molar-refractivity contribution in [2.45, 2.75) is 25.8 Å². The van der Waals surface area contributed by atoms with Crippen molar-refractivity contribution >= 4 is 0 Å². The minimum absolute atomic E-state index is 0.334. The second kappa shape index (κ2) is 7.32. The van der Waals surface area contributed by atoms with E-state index in [2.05, 4.69) is 17.1 Å². The summed E-state index contributed by atoms with van der Waals surface area (Å²) in [5.74, 6) is 1.03. The molecule has 0 fully saturated rings. The van der Waals surface area contributed by atoms with Crippen molar-refractivity contribution in [3.63, 3.8) is 0 Å². The van der Waals surface area contributed by atoms with Gasteiger partial charge in [0, 0.05) is 13.7 Å². The maximum Gasteiger partial charge on any atom is 0.229 e. The molecule has 0 spiro atoms. The zero-order chi connectivity index (χ0) is 11.8. The normalized spacial score (nSPS) is 12.9. The molecule has 0 bridgehead atoms. The van der Waals surface area contributed by atoms with E-state index < -0.39 is 0 Å². The molecule has 0 aromatic carbocycles. The van der Waals surface area contributed by atoms with Gasteiger partial charge in [0.1, 0.15) is 0 Å². The summed E-state index contributed by atoms with van der Waals surface area (Å²) in [6.07, 6.45) is 1.63. The second-order valence-corrected chi connectivity index (χ2v) is 3.47. The van der Waals surface area contributed by atoms with Crippen LogP contribution in [-0.4, -0.2) is 37.1 Å². The van der Waals surface area contributed by atoms with Crippen molar-refractivity contribution in [2.24, 2.45) is 5.73 Å². The Kier molecular flexibility index (Phi) is 5.99. The predicted molar refractivity (Wildman–Crippen MR) is 57.9 cm³/mol. The van der Waals surface area contributed by atoms with Crippen molar-refractivity contribution in [1.29, 1.82) is 0 Å². The van der Waals surface area contributed by atoms with E-state index in [-0.39, 0.29) is 6.04 Å². The lowest BCUT2D eigenvalue weighted by atomic mass is 10.3. The van der Waals surface area contributed by atoms with Crippen LogP contribution in [0.5, 0.6) is 0 Å². The highest BCUT2D eigenvalue weighted by Crippen LogP contribution is 2.06. The zero-order valence-electron chi connectivity index (χ0n) is 9.81. The molecule has 0 aliphatic carbocycles. The molecule has 2 N–H and O–H groups in total. The van der Waals surface area contributed by atoms with Crippen molar-refractivity contribution < 1.29 is 14.0 Å². The third-order valence-electron chi connectivity index (χ3n) is 1.97. The summed E-state index contributed by atoms with van der Waals surface area (Å²) in [6, 6.07) is -0.334. The van der Waals surface area contributed by atoms with Crippen LogP contribution in [0.25, 0.3) is 0 Å². The number of nitrogens with two attached hydrogens (primary N) is 1. The number of hydrogen-bond acceptors (Lipinski definition) is 6. The van der Waals surface area contributed by atoms with E-state index >= 15 is 0 Å². The smallest absolute Gasteiger partial charge is 0.229 e. The van der Waals surface area contributed by atoms with Crippen LogP contribution in [0.2, 0.25) is 0 Å². The molecule has 1 unspecified atom stereocenters. The average molecular weight is 229 g/mol. The molecule has 1 rings (SSSR count). The number of rotatable bonds is 8. The van der Waals surface area contributed by atoms with Gasteiger partial charge in [-0.3, -0.25) is 0 Å². The van der Waals surface area contributed by atoms with Gasteiger partial charge in [0.2, 0.25) is 5.89 Å². The maximum absolute atomic E-state index is 5.75. The van der Waals surface area contributed by atoms with E-state index in [1.54, 1.807) is 7.11 Å². The SMILES string of the molecule is CCCOCCc1nc(C(N)COC)no1. The lowest BCUT2D eigenvalue weighted by Gasteiger charge is -2.03. The summed E-state index contributed by atoms with van der Waals surface area (Å²) in [4.78, 5) is 4.16. The van der Waals surface area contributed by atoms with Crippen molar-refractivity contribution in [2.75, 3.05) is 26.9 Å². The van der Waals surface area contributed by atoms with Gasteiger partial charge in [0.25, 0.3) is 0 Å². The van der Waals surface area contributed by atoms with Crippen molar-refractivity contribution in [1.82, 2.24) is 10.1 Å². The first-order valence-corrected chi connectivity index (χ1v) is 5.42. The minimum atomic E-state index is -0.334. The van der Waals surface area contributed by atoms with Crippen LogP contribution in [0, 0.1) is 0 Å². The highest BCUT2D eigenvalue weighted by molar-refractivity contribution is 4.92. The van der Waals surface area contributed by atoms with Crippen LogP contribution in [0.3, 0.4) is 0 Å². The van der Waals surface area contributed by atoms with E-state index in [9.17, 15) is 0 Å². The molecular formula is C10H19N3O3. The van der Waals surface area contributed by atoms with Crippen molar-refractivity contribution in [3.05, 3.63) is 11.7 Å². The van der Waals surface area contributed by atoms with Gasteiger partial charge in [0.05, 0.1) is 25.7 Å². The Morgan fingerprint density at radius 1 is 1.44 bits per heavy atom. The van der Waals surface area contributed by atoms with Crippen LogP contribution < -0.4 is 5.73 Å². The van der Waals surface area contributed by atoms with Gasteiger partial charge in [-0.2, -0.15) is 4.98 Å². The van der Waals surface area contributed by atoms with E-state index in [1.165, 1.54) is 0 Å². The van der Waals surface area contributed by atoms with Gasteiger partial charge in [-0.1, -0.05) is 12.1 Å². The molecule has 0 aliphatic heterocycles. The molecule has 16 heavy (non-hydrogen) atoms. The van der Waals surface area contributed by atoms with Crippen LogP contribution in [-0.2, 0) is 15.9 Å². The monoisotopic (exact) mass is 229 g/mol. The Hall–Kier alpha value is -0.980. The molecule has 0 amide bonds. The molecule has 1 heterocycles. The molecule has 1 aromatic heterocycles. The Labute approximate surface area is 95.1 Å². The fraction of sp³-hybridized carbons (Fsp3) is 0.800. The quantitative estimate of drug-likeness (QED) is 0.660. The summed E-state index contributed by atoms with van der Waals surface area (Å²) in [5, 5.41) is 3.79. The molecule has 0 radical (unpaired) electrons. The number of hydrogen-bond donors (Lipinski definition) is 1. The summed E-state index contributed by atoms with van der Waals surface area (Å²) in [5.41, 5.74) is 5.75. The summed E-state index contributed by atoms with van der Waals surface area (Å²) in [6.45, 7) is 3.79. The molecular weight excluding hydrogens is 210 g/mol. The van der Waals surface area contributed by atoms with Crippen LogP contribution in [0.1, 0.15) is 31.1 Å². The highest BCUT2D eigenvalue weighted by Gasteiger charge is 2.13. The highest BCUT2D eigenvalue weighted by atomic mass is 16.5. The minimum Gasteiger partial charge on any atom is -0.383 e. The predicted octanol–water partition coefficient (Wildman–Crippen LogP) is 0.685. The molecule has 1 atom stereocenters. The van der Waals surface area contributed by atoms with Gasteiger partial charge >= 0.3 is 0 Å². The van der Waals surface area contributed by atoms with Gasteiger partial charge in [-0.25, -0.2) is 0 Å². The van der Waals surface area contributed by atoms with E-state index in [0.29, 0.717) is 31.3 Å². The van der Waals surface area contributed by atoms with E-state index in [4.69, 9.17) is 19.7 Å². The van der Waals surface area contributed by atoms with Gasteiger partial charge in [-0.05, 0) is 6.42 Å². The van der Waals surface area contributed by atoms with Crippen LogP contribution in [0.15, 0.2) is 4.52 Å². The largest absolute Gasteiger partial charge is 0.383 e. The van der Waals surface area contributed by atoms with Crippen molar-refractivity contribution in [3.8, 4) is 0 Å². The van der Waals surface area contributed by atoms with E-state index in [1.807, 2.05) is 0 Å². The first-order valence-electron chi connectivity index (χ1n) is 5.42. The van der Waals surface area contributed by atoms with Crippen LogP contribution in [0.4, 0.5) is 0 Å². The zero-order valence-corrected chi connectivity index (χ0v) is 9.81. The Balaban J connectivity index is 2.33. The molecule has 0 aliphatic rings. The van der Waals surface area contributed by atoms with E-state index in [0.717, 1.165) is 13.0 Å². The molecule has 1 aromatic rings. The Bertz CT molecular complexity index is 291. The summed E-state index contributed by atoms with van der Waals surface area (Å²) < 4.78 is 15.3. The second-order valence-electron chi connectivity index (χ2n) is 3.47. The maximum atomic E-state index is 5.75. The third-order valence-corrected chi connectivity index (χ3v) is 1.97. The van der Waals surface area contributed by atoms with Gasteiger partial charge in [0.15, 0.2) is 5.82 Å².